The summed E-state index contributed by atoms with van der Waals surface area (Å²) in [5.74, 6) is 0.502. The van der Waals surface area contributed by atoms with Gasteiger partial charge in [0.25, 0.3) is 5.24 Å². The van der Waals surface area contributed by atoms with Crippen molar-refractivity contribution in [2.45, 2.75) is 11.7 Å². The first-order chi connectivity index (χ1) is 10.7. The molecule has 2 aromatic rings. The third-order valence-corrected chi connectivity index (χ3v) is 4.41. The second kappa shape index (κ2) is 6.66. The molecular formula is C17H15NO3S. The Morgan fingerprint density at radius 3 is 2.36 bits per heavy atom. The topological polar surface area (TPSA) is 55.4 Å². The average molecular weight is 313 g/mol. The number of hydrogen-bond donors (Lipinski definition) is 1. The predicted molar refractivity (Wildman–Crippen MR) is 86.0 cm³/mol. The van der Waals surface area contributed by atoms with E-state index in [0.717, 1.165) is 29.5 Å². The van der Waals surface area contributed by atoms with Gasteiger partial charge in [0.15, 0.2) is 0 Å². The van der Waals surface area contributed by atoms with Crippen LogP contribution in [0.1, 0.15) is 16.4 Å². The van der Waals surface area contributed by atoms with E-state index >= 15 is 0 Å². The van der Waals surface area contributed by atoms with Gasteiger partial charge in [-0.3, -0.25) is 14.9 Å². The van der Waals surface area contributed by atoms with Gasteiger partial charge in [0.2, 0.25) is 5.91 Å². The van der Waals surface area contributed by atoms with Crippen molar-refractivity contribution in [1.82, 2.24) is 5.32 Å². The van der Waals surface area contributed by atoms with Gasteiger partial charge in [0.1, 0.15) is 11.0 Å². The van der Waals surface area contributed by atoms with E-state index in [2.05, 4.69) is 17.4 Å². The quantitative estimate of drug-likeness (QED) is 0.920. The summed E-state index contributed by atoms with van der Waals surface area (Å²) in [6.07, 6.45) is 0.845. The molecular weight excluding hydrogens is 298 g/mol. The van der Waals surface area contributed by atoms with E-state index in [1.165, 1.54) is 5.56 Å². The Hall–Kier alpha value is -2.27. The molecule has 0 saturated carbocycles. The Kier molecular flexibility index (Phi) is 4.44. The smallest absolute Gasteiger partial charge is 0.286 e. The van der Waals surface area contributed by atoms with Crippen molar-refractivity contribution in [3.05, 3.63) is 65.7 Å². The standard InChI is InChI=1S/C17H15NO3S/c19-16-15(22-17(20)18-16)13-6-8-14(9-7-13)21-11-10-12-4-2-1-3-5-12/h1-9,15H,10-11H2,(H,18,19,20). The molecule has 1 aliphatic heterocycles. The minimum atomic E-state index is -0.453. The van der Waals surface area contributed by atoms with Crippen LogP contribution < -0.4 is 10.1 Å². The summed E-state index contributed by atoms with van der Waals surface area (Å²) in [6.45, 7) is 0.598. The maximum Gasteiger partial charge on any atom is 0.286 e. The van der Waals surface area contributed by atoms with E-state index in [0.29, 0.717) is 6.61 Å². The number of carbonyl (C=O) groups excluding carboxylic acids is 2. The van der Waals surface area contributed by atoms with Gasteiger partial charge in [-0.15, -0.1) is 0 Å². The summed E-state index contributed by atoms with van der Waals surface area (Å²) in [5.41, 5.74) is 2.04. The Bertz CT molecular complexity index is 670. The SMILES string of the molecule is O=C1NC(=O)C(c2ccc(OCCc3ccccc3)cc2)S1. The van der Waals surface area contributed by atoms with Gasteiger partial charge in [0, 0.05) is 6.42 Å². The summed E-state index contributed by atoms with van der Waals surface area (Å²) in [6, 6.07) is 17.5. The van der Waals surface area contributed by atoms with E-state index in [4.69, 9.17) is 4.74 Å². The first-order valence-electron chi connectivity index (χ1n) is 7.00. The zero-order valence-electron chi connectivity index (χ0n) is 11.8. The van der Waals surface area contributed by atoms with Crippen molar-refractivity contribution in [2.75, 3.05) is 6.61 Å². The average Bonchev–Trinajstić information content (AvgIpc) is 2.88. The molecule has 0 aliphatic carbocycles. The fourth-order valence-corrected chi connectivity index (χ4v) is 3.08. The second-order valence-corrected chi connectivity index (χ2v) is 6.01. The molecule has 0 radical (unpaired) electrons. The Labute approximate surface area is 132 Å². The summed E-state index contributed by atoms with van der Waals surface area (Å²) in [7, 11) is 0. The van der Waals surface area contributed by atoms with E-state index in [1.54, 1.807) is 0 Å². The number of rotatable bonds is 5. The van der Waals surface area contributed by atoms with Gasteiger partial charge in [0.05, 0.1) is 6.61 Å². The molecule has 0 bridgehead atoms. The number of amides is 2. The first-order valence-corrected chi connectivity index (χ1v) is 7.88. The summed E-state index contributed by atoms with van der Waals surface area (Å²) in [5, 5.41) is 1.54. The first kappa shape index (κ1) is 14.7. The van der Waals surface area contributed by atoms with Crippen LogP contribution in [0.4, 0.5) is 4.79 Å². The molecule has 22 heavy (non-hydrogen) atoms. The van der Waals surface area contributed by atoms with Crippen LogP contribution in [0.2, 0.25) is 0 Å². The van der Waals surface area contributed by atoms with Crippen LogP contribution in [0.5, 0.6) is 5.75 Å². The zero-order chi connectivity index (χ0) is 15.4. The molecule has 112 valence electrons. The van der Waals surface area contributed by atoms with Crippen molar-refractivity contribution in [2.24, 2.45) is 0 Å². The molecule has 1 fully saturated rings. The molecule has 4 nitrogen and oxygen atoms in total. The maximum absolute atomic E-state index is 11.6. The summed E-state index contributed by atoms with van der Waals surface area (Å²) < 4.78 is 5.70. The Morgan fingerprint density at radius 2 is 1.73 bits per heavy atom. The van der Waals surface area contributed by atoms with E-state index < -0.39 is 5.25 Å². The maximum atomic E-state index is 11.6. The fourth-order valence-electron chi connectivity index (χ4n) is 2.25. The normalized spacial score (nSPS) is 17.4. The molecule has 1 atom stereocenters. The molecule has 0 aromatic heterocycles. The van der Waals surface area contributed by atoms with Crippen molar-refractivity contribution >= 4 is 22.9 Å². The highest BCUT2D eigenvalue weighted by molar-refractivity contribution is 8.15. The Morgan fingerprint density at radius 1 is 1.00 bits per heavy atom. The largest absolute Gasteiger partial charge is 0.493 e. The zero-order valence-corrected chi connectivity index (χ0v) is 12.6. The lowest BCUT2D eigenvalue weighted by Crippen LogP contribution is -2.20. The van der Waals surface area contributed by atoms with Gasteiger partial charge in [-0.05, 0) is 35.0 Å². The number of carbonyl (C=O) groups is 2. The van der Waals surface area contributed by atoms with Crippen LogP contribution in [-0.2, 0) is 11.2 Å². The molecule has 1 heterocycles. The van der Waals surface area contributed by atoms with Crippen LogP contribution in [0.25, 0.3) is 0 Å². The van der Waals surface area contributed by atoms with Crippen molar-refractivity contribution in [1.29, 1.82) is 0 Å². The molecule has 2 amide bonds. The lowest BCUT2D eigenvalue weighted by atomic mass is 10.1. The molecule has 3 rings (SSSR count). The number of ether oxygens (including phenoxy) is 1. The highest BCUT2D eigenvalue weighted by Gasteiger charge is 2.32. The summed E-state index contributed by atoms with van der Waals surface area (Å²) >= 11 is 1.01. The second-order valence-electron chi connectivity index (χ2n) is 4.93. The lowest BCUT2D eigenvalue weighted by molar-refractivity contribution is -0.119. The van der Waals surface area contributed by atoms with Crippen LogP contribution in [-0.4, -0.2) is 17.8 Å². The van der Waals surface area contributed by atoms with Crippen LogP contribution in [0.15, 0.2) is 54.6 Å². The van der Waals surface area contributed by atoms with Gasteiger partial charge >= 0.3 is 0 Å². The van der Waals surface area contributed by atoms with Gasteiger partial charge < -0.3 is 4.74 Å². The van der Waals surface area contributed by atoms with Crippen molar-refractivity contribution in [3.8, 4) is 5.75 Å². The minimum Gasteiger partial charge on any atom is -0.493 e. The van der Waals surface area contributed by atoms with Gasteiger partial charge in [-0.25, -0.2) is 0 Å². The Balaban J connectivity index is 1.55. The van der Waals surface area contributed by atoms with E-state index in [1.807, 2.05) is 42.5 Å². The monoisotopic (exact) mass is 313 g/mol. The number of nitrogens with one attached hydrogen (secondary N) is 1. The fraction of sp³-hybridized carbons (Fsp3) is 0.176. The number of thioether (sulfide) groups is 1. The van der Waals surface area contributed by atoms with Crippen molar-refractivity contribution < 1.29 is 14.3 Å². The molecule has 5 heteroatoms. The lowest BCUT2D eigenvalue weighted by Gasteiger charge is -2.09. The highest BCUT2D eigenvalue weighted by atomic mass is 32.2. The van der Waals surface area contributed by atoms with E-state index in [-0.39, 0.29) is 11.1 Å². The third-order valence-electron chi connectivity index (χ3n) is 3.37. The van der Waals surface area contributed by atoms with Crippen LogP contribution >= 0.6 is 11.8 Å². The van der Waals surface area contributed by atoms with Crippen LogP contribution in [0, 0.1) is 0 Å². The molecule has 1 saturated heterocycles. The van der Waals surface area contributed by atoms with Gasteiger partial charge in [-0.1, -0.05) is 42.5 Å². The predicted octanol–water partition coefficient (Wildman–Crippen LogP) is 3.33. The molecule has 1 aliphatic rings. The number of imide groups is 1. The molecule has 0 spiro atoms. The molecule has 1 unspecified atom stereocenters. The van der Waals surface area contributed by atoms with E-state index in [9.17, 15) is 9.59 Å². The summed E-state index contributed by atoms with van der Waals surface area (Å²) in [4.78, 5) is 22.8. The van der Waals surface area contributed by atoms with Crippen molar-refractivity contribution in [3.63, 3.8) is 0 Å². The third kappa shape index (κ3) is 3.49. The molecule has 1 N–H and O–H groups in total. The molecule has 2 aromatic carbocycles. The number of benzene rings is 2. The van der Waals surface area contributed by atoms with Gasteiger partial charge in [-0.2, -0.15) is 0 Å². The highest BCUT2D eigenvalue weighted by Crippen LogP contribution is 2.34. The minimum absolute atomic E-state index is 0.257. The number of hydrogen-bond acceptors (Lipinski definition) is 4. The van der Waals surface area contributed by atoms with Crippen LogP contribution in [0.3, 0.4) is 0 Å².